The molecule has 2 N–H and O–H groups in total. The van der Waals surface area contributed by atoms with Crippen LogP contribution in [0.4, 0.5) is 9.18 Å². The smallest absolute Gasteiger partial charge is 0.315 e. The summed E-state index contributed by atoms with van der Waals surface area (Å²) in [5.74, 6) is 0.622. The van der Waals surface area contributed by atoms with Crippen LogP contribution in [0.15, 0.2) is 42.5 Å². The lowest BCUT2D eigenvalue weighted by Crippen LogP contribution is -2.38. The minimum Gasteiger partial charge on any atom is -0.497 e. The van der Waals surface area contributed by atoms with Gasteiger partial charge in [-0.05, 0) is 54.2 Å². The van der Waals surface area contributed by atoms with Gasteiger partial charge in [-0.25, -0.2) is 9.18 Å². The number of methoxy groups -OCH3 is 1. The van der Waals surface area contributed by atoms with Gasteiger partial charge < -0.3 is 15.4 Å². The van der Waals surface area contributed by atoms with Crippen LogP contribution in [-0.4, -0.2) is 19.7 Å². The largest absolute Gasteiger partial charge is 0.497 e. The van der Waals surface area contributed by atoms with Gasteiger partial charge in [0.25, 0.3) is 0 Å². The molecule has 0 fully saturated rings. The minimum absolute atomic E-state index is 0.118. The van der Waals surface area contributed by atoms with Crippen molar-refractivity contribution in [1.82, 2.24) is 10.6 Å². The average molecular weight is 328 g/mol. The van der Waals surface area contributed by atoms with Crippen molar-refractivity contribution in [2.75, 3.05) is 13.7 Å². The van der Waals surface area contributed by atoms with Crippen molar-refractivity contribution in [2.45, 2.75) is 25.3 Å². The lowest BCUT2D eigenvalue weighted by molar-refractivity contribution is 0.237. The molecule has 0 aliphatic heterocycles. The van der Waals surface area contributed by atoms with Crippen molar-refractivity contribution in [2.24, 2.45) is 0 Å². The van der Waals surface area contributed by atoms with Crippen LogP contribution in [0.5, 0.6) is 5.75 Å². The quantitative estimate of drug-likeness (QED) is 0.884. The Hall–Kier alpha value is -2.56. The van der Waals surface area contributed by atoms with E-state index >= 15 is 0 Å². The summed E-state index contributed by atoms with van der Waals surface area (Å²) in [6.45, 7) is 0.529. The van der Waals surface area contributed by atoms with Crippen molar-refractivity contribution in [3.63, 3.8) is 0 Å². The number of carbonyl (C=O) groups excluding carboxylic acids is 1. The van der Waals surface area contributed by atoms with Gasteiger partial charge in [-0.3, -0.25) is 0 Å². The number of ether oxygens (including phenoxy) is 1. The fraction of sp³-hybridized carbons (Fsp3) is 0.316. The van der Waals surface area contributed by atoms with Crippen molar-refractivity contribution < 1.29 is 13.9 Å². The van der Waals surface area contributed by atoms with E-state index in [-0.39, 0.29) is 17.9 Å². The van der Waals surface area contributed by atoms with E-state index < -0.39 is 0 Å². The maximum atomic E-state index is 13.7. The molecule has 2 amide bonds. The fourth-order valence-corrected chi connectivity index (χ4v) is 3.12. The first-order chi connectivity index (χ1) is 11.7. The number of nitrogens with one attached hydrogen (secondary N) is 2. The average Bonchev–Trinajstić information content (AvgIpc) is 2.99. The zero-order valence-electron chi connectivity index (χ0n) is 13.6. The van der Waals surface area contributed by atoms with Crippen molar-refractivity contribution in [3.8, 4) is 5.75 Å². The molecule has 4 nitrogen and oxygen atoms in total. The molecule has 126 valence electrons. The SMILES string of the molecule is COc1cccc(CCNC(=O)NC2CCc3c(F)cccc32)c1. The van der Waals surface area contributed by atoms with Gasteiger partial charge >= 0.3 is 6.03 Å². The summed E-state index contributed by atoms with van der Waals surface area (Å²) in [5.41, 5.74) is 2.71. The van der Waals surface area contributed by atoms with Gasteiger partial charge in [0, 0.05) is 6.54 Å². The van der Waals surface area contributed by atoms with Crippen LogP contribution < -0.4 is 15.4 Å². The standard InChI is InChI=1S/C19H21FN2O2/c1-24-14-5-2-4-13(12-14)10-11-21-19(23)22-18-9-8-15-16(18)6-3-7-17(15)20/h2-7,12,18H,8-11H2,1H3,(H2,21,22,23). The molecule has 0 saturated carbocycles. The summed E-state index contributed by atoms with van der Waals surface area (Å²) in [5, 5.41) is 5.79. The highest BCUT2D eigenvalue weighted by molar-refractivity contribution is 5.74. The fourth-order valence-electron chi connectivity index (χ4n) is 3.12. The Balaban J connectivity index is 1.50. The first kappa shape index (κ1) is 16.3. The van der Waals surface area contributed by atoms with E-state index in [2.05, 4.69) is 10.6 Å². The minimum atomic E-state index is -0.222. The third-order valence-electron chi connectivity index (χ3n) is 4.35. The Kier molecular flexibility index (Phi) is 4.99. The second-order valence-corrected chi connectivity index (χ2v) is 5.90. The number of benzene rings is 2. The van der Waals surface area contributed by atoms with Crippen molar-refractivity contribution in [3.05, 3.63) is 65.0 Å². The molecule has 2 aromatic rings. The van der Waals surface area contributed by atoms with Crippen molar-refractivity contribution >= 4 is 6.03 Å². The van der Waals surface area contributed by atoms with Gasteiger partial charge in [0.1, 0.15) is 11.6 Å². The molecular formula is C19H21FN2O2. The predicted molar refractivity (Wildman–Crippen MR) is 90.7 cm³/mol. The lowest BCUT2D eigenvalue weighted by Gasteiger charge is -2.15. The summed E-state index contributed by atoms with van der Waals surface area (Å²) >= 11 is 0. The van der Waals surface area contributed by atoms with Crippen LogP contribution in [0.1, 0.15) is 29.2 Å². The van der Waals surface area contributed by atoms with Gasteiger partial charge in [0.2, 0.25) is 0 Å². The van der Waals surface area contributed by atoms with Crippen LogP contribution in [0.2, 0.25) is 0 Å². The molecule has 1 atom stereocenters. The van der Waals surface area contributed by atoms with Gasteiger partial charge in [-0.1, -0.05) is 24.3 Å². The molecule has 2 aromatic carbocycles. The van der Waals surface area contributed by atoms with Crippen LogP contribution in [0.3, 0.4) is 0 Å². The molecular weight excluding hydrogens is 307 g/mol. The van der Waals surface area contributed by atoms with Gasteiger partial charge in [0.05, 0.1) is 13.2 Å². The summed E-state index contributed by atoms with van der Waals surface area (Å²) in [6, 6.07) is 12.5. The number of fused-ring (bicyclic) bond motifs is 1. The summed E-state index contributed by atoms with van der Waals surface area (Å²) in [7, 11) is 1.63. The number of urea groups is 1. The summed E-state index contributed by atoms with van der Waals surface area (Å²) < 4.78 is 18.9. The molecule has 0 radical (unpaired) electrons. The monoisotopic (exact) mass is 328 g/mol. The first-order valence-electron chi connectivity index (χ1n) is 8.12. The van der Waals surface area contributed by atoms with E-state index in [0.29, 0.717) is 13.0 Å². The second-order valence-electron chi connectivity index (χ2n) is 5.90. The Morgan fingerprint density at radius 2 is 2.12 bits per heavy atom. The zero-order valence-corrected chi connectivity index (χ0v) is 13.6. The number of hydrogen-bond acceptors (Lipinski definition) is 2. The molecule has 3 rings (SSSR count). The molecule has 24 heavy (non-hydrogen) atoms. The van der Waals surface area contributed by atoms with E-state index in [1.54, 1.807) is 13.2 Å². The lowest BCUT2D eigenvalue weighted by atomic mass is 10.1. The van der Waals surface area contributed by atoms with E-state index in [4.69, 9.17) is 4.74 Å². The third kappa shape index (κ3) is 3.67. The number of hydrogen-bond donors (Lipinski definition) is 2. The normalized spacial score (nSPS) is 15.7. The van der Waals surface area contributed by atoms with Crippen LogP contribution >= 0.6 is 0 Å². The second kappa shape index (κ2) is 7.34. The Labute approximate surface area is 141 Å². The van der Waals surface area contributed by atoms with Gasteiger partial charge in [0.15, 0.2) is 0 Å². The molecule has 0 heterocycles. The van der Waals surface area contributed by atoms with E-state index in [0.717, 1.165) is 35.3 Å². The number of amides is 2. The highest BCUT2D eigenvalue weighted by Gasteiger charge is 2.25. The topological polar surface area (TPSA) is 50.4 Å². The zero-order chi connectivity index (χ0) is 16.9. The molecule has 1 unspecified atom stereocenters. The van der Waals surface area contributed by atoms with E-state index in [1.807, 2.05) is 30.3 Å². The van der Waals surface area contributed by atoms with Gasteiger partial charge in [-0.2, -0.15) is 0 Å². The van der Waals surface area contributed by atoms with Crippen LogP contribution in [0, 0.1) is 5.82 Å². The summed E-state index contributed by atoms with van der Waals surface area (Å²) in [4.78, 5) is 12.1. The van der Waals surface area contributed by atoms with Crippen LogP contribution in [-0.2, 0) is 12.8 Å². The molecule has 0 bridgehead atoms. The molecule has 0 spiro atoms. The molecule has 5 heteroatoms. The highest BCUT2D eigenvalue weighted by atomic mass is 19.1. The third-order valence-corrected chi connectivity index (χ3v) is 4.35. The molecule has 0 saturated heterocycles. The maximum absolute atomic E-state index is 13.7. The number of carbonyl (C=O) groups is 1. The van der Waals surface area contributed by atoms with Crippen molar-refractivity contribution in [1.29, 1.82) is 0 Å². The number of rotatable bonds is 5. The molecule has 0 aromatic heterocycles. The summed E-state index contributed by atoms with van der Waals surface area (Å²) in [6.07, 6.45) is 2.12. The van der Waals surface area contributed by atoms with E-state index in [1.165, 1.54) is 6.07 Å². The first-order valence-corrected chi connectivity index (χ1v) is 8.12. The van der Waals surface area contributed by atoms with Crippen LogP contribution in [0.25, 0.3) is 0 Å². The highest BCUT2D eigenvalue weighted by Crippen LogP contribution is 2.32. The molecule has 1 aliphatic rings. The van der Waals surface area contributed by atoms with Gasteiger partial charge in [-0.15, -0.1) is 0 Å². The molecule has 1 aliphatic carbocycles. The maximum Gasteiger partial charge on any atom is 0.315 e. The van der Waals surface area contributed by atoms with E-state index in [9.17, 15) is 9.18 Å². The Morgan fingerprint density at radius 3 is 2.96 bits per heavy atom. The Bertz CT molecular complexity index is 733. The number of halogens is 1. The Morgan fingerprint density at radius 1 is 1.29 bits per heavy atom. The predicted octanol–water partition coefficient (Wildman–Crippen LogP) is 3.36.